The molecule has 3 unspecified atom stereocenters. The van der Waals surface area contributed by atoms with Gasteiger partial charge in [0, 0.05) is 23.1 Å². The van der Waals surface area contributed by atoms with E-state index >= 15 is 0 Å². The van der Waals surface area contributed by atoms with Crippen molar-refractivity contribution in [2.24, 2.45) is 5.92 Å². The lowest BCUT2D eigenvalue weighted by Gasteiger charge is -2.38. The van der Waals surface area contributed by atoms with Gasteiger partial charge in [0.1, 0.15) is 12.1 Å². The lowest BCUT2D eigenvalue weighted by molar-refractivity contribution is -0.123. The van der Waals surface area contributed by atoms with E-state index in [1.54, 1.807) is 0 Å². The molecule has 0 saturated carbocycles. The van der Waals surface area contributed by atoms with Gasteiger partial charge in [-0.15, -0.1) is 0 Å². The number of aromatic nitrogens is 3. The van der Waals surface area contributed by atoms with Crippen LogP contribution < -0.4 is 5.32 Å². The molecule has 5 rings (SSSR count). The summed E-state index contributed by atoms with van der Waals surface area (Å²) < 4.78 is 1.82. The summed E-state index contributed by atoms with van der Waals surface area (Å²) in [5, 5.41) is 8.39. The zero-order valence-corrected chi connectivity index (χ0v) is 15.2. The predicted molar refractivity (Wildman–Crippen MR) is 104 cm³/mol. The average Bonchev–Trinajstić information content (AvgIpc) is 3.15. The van der Waals surface area contributed by atoms with Crippen LogP contribution in [0.3, 0.4) is 0 Å². The molecule has 27 heavy (non-hydrogen) atoms. The highest BCUT2D eigenvalue weighted by atomic mass is 35.5. The molecule has 6 heteroatoms. The second kappa shape index (κ2) is 6.35. The number of halogens is 1. The molecule has 0 saturated heterocycles. The SMILES string of the molecule is O=C1CC(c2ccc(Cl)cc2)C=C2Nc3ncnn3C(c3ccccc3)C12. The van der Waals surface area contributed by atoms with Crippen molar-refractivity contribution in [2.75, 3.05) is 5.32 Å². The van der Waals surface area contributed by atoms with Crippen molar-refractivity contribution in [3.05, 3.63) is 88.8 Å². The van der Waals surface area contributed by atoms with Crippen LogP contribution in [0.15, 0.2) is 72.7 Å². The van der Waals surface area contributed by atoms with Crippen molar-refractivity contribution in [3.63, 3.8) is 0 Å². The maximum Gasteiger partial charge on any atom is 0.226 e. The molecule has 1 N–H and O–H groups in total. The first kappa shape index (κ1) is 16.3. The molecule has 2 aliphatic rings. The third kappa shape index (κ3) is 2.75. The Hall–Kier alpha value is -2.92. The fourth-order valence-electron chi connectivity index (χ4n) is 4.08. The Kier molecular flexibility index (Phi) is 3.83. The number of nitrogens with one attached hydrogen (secondary N) is 1. The van der Waals surface area contributed by atoms with Crippen LogP contribution in [0.1, 0.15) is 29.5 Å². The first-order valence-corrected chi connectivity index (χ1v) is 9.30. The highest BCUT2D eigenvalue weighted by Crippen LogP contribution is 2.43. The van der Waals surface area contributed by atoms with Gasteiger partial charge in [-0.05, 0) is 23.3 Å². The van der Waals surface area contributed by atoms with Gasteiger partial charge in [0.05, 0.1) is 12.0 Å². The minimum Gasteiger partial charge on any atom is -0.328 e. The number of allylic oxidation sites excluding steroid dienone is 2. The molecule has 3 aromatic rings. The van der Waals surface area contributed by atoms with Crippen molar-refractivity contribution < 1.29 is 4.79 Å². The number of carbonyl (C=O) groups excluding carboxylic acids is 1. The third-order valence-corrected chi connectivity index (χ3v) is 5.58. The van der Waals surface area contributed by atoms with Crippen LogP contribution in [-0.4, -0.2) is 20.5 Å². The highest BCUT2D eigenvalue weighted by molar-refractivity contribution is 6.30. The van der Waals surface area contributed by atoms with E-state index in [0.29, 0.717) is 17.4 Å². The molecule has 0 bridgehead atoms. The van der Waals surface area contributed by atoms with Gasteiger partial charge in [-0.25, -0.2) is 4.68 Å². The molecule has 0 spiro atoms. The summed E-state index contributed by atoms with van der Waals surface area (Å²) in [6, 6.07) is 17.5. The van der Waals surface area contributed by atoms with E-state index in [2.05, 4.69) is 21.5 Å². The largest absolute Gasteiger partial charge is 0.328 e. The Morgan fingerprint density at radius 1 is 1.04 bits per heavy atom. The molecule has 134 valence electrons. The average molecular weight is 377 g/mol. The highest BCUT2D eigenvalue weighted by Gasteiger charge is 2.43. The van der Waals surface area contributed by atoms with Gasteiger partial charge in [-0.2, -0.15) is 10.1 Å². The van der Waals surface area contributed by atoms with Crippen molar-refractivity contribution in [1.82, 2.24) is 14.8 Å². The van der Waals surface area contributed by atoms with Crippen LogP contribution in [-0.2, 0) is 4.79 Å². The Morgan fingerprint density at radius 2 is 1.81 bits per heavy atom. The Balaban J connectivity index is 1.60. The fraction of sp³-hybridized carbons (Fsp3) is 0.190. The first-order valence-electron chi connectivity index (χ1n) is 8.92. The van der Waals surface area contributed by atoms with Crippen LogP contribution in [0.25, 0.3) is 0 Å². The van der Waals surface area contributed by atoms with Gasteiger partial charge in [-0.3, -0.25) is 4.79 Å². The lowest BCUT2D eigenvalue weighted by atomic mass is 9.76. The molecule has 2 aromatic carbocycles. The summed E-state index contributed by atoms with van der Waals surface area (Å²) in [5.74, 6) is 0.607. The van der Waals surface area contributed by atoms with Gasteiger partial charge in [0.25, 0.3) is 0 Å². The minimum absolute atomic E-state index is 0.0272. The Labute approximate surface area is 161 Å². The first-order chi connectivity index (χ1) is 13.2. The standard InChI is InChI=1S/C21H17ClN4O/c22-16-8-6-13(7-9-16)15-10-17-19(18(27)11-15)20(14-4-2-1-3-5-14)26-21(25-17)23-12-24-26/h1-10,12,15,19-20H,11H2,(H,23,24,25). The monoisotopic (exact) mass is 376 g/mol. The lowest BCUT2D eigenvalue weighted by Crippen LogP contribution is -2.40. The smallest absolute Gasteiger partial charge is 0.226 e. The topological polar surface area (TPSA) is 59.8 Å². The number of Topliss-reactive ketones (excluding diaryl/α,β-unsaturated/α-hetero) is 1. The molecular formula is C21H17ClN4O. The minimum atomic E-state index is -0.287. The van der Waals surface area contributed by atoms with E-state index in [1.807, 2.05) is 59.3 Å². The summed E-state index contributed by atoms with van der Waals surface area (Å²) in [7, 11) is 0. The number of fused-ring (bicyclic) bond motifs is 2. The third-order valence-electron chi connectivity index (χ3n) is 5.33. The molecule has 1 aliphatic heterocycles. The van der Waals surface area contributed by atoms with Crippen molar-refractivity contribution in [3.8, 4) is 0 Å². The molecule has 0 radical (unpaired) electrons. The molecule has 5 nitrogen and oxygen atoms in total. The molecular weight excluding hydrogens is 360 g/mol. The molecule has 2 heterocycles. The number of ketones is 1. The number of hydrogen-bond acceptors (Lipinski definition) is 4. The van der Waals surface area contributed by atoms with Gasteiger partial charge >= 0.3 is 0 Å². The Morgan fingerprint density at radius 3 is 2.59 bits per heavy atom. The molecule has 0 amide bonds. The molecule has 0 fully saturated rings. The van der Waals surface area contributed by atoms with Gasteiger partial charge in [-0.1, -0.05) is 60.1 Å². The second-order valence-electron chi connectivity index (χ2n) is 6.94. The van der Waals surface area contributed by atoms with E-state index in [4.69, 9.17) is 11.6 Å². The van der Waals surface area contributed by atoms with Crippen LogP contribution in [0.4, 0.5) is 5.95 Å². The van der Waals surface area contributed by atoms with Crippen molar-refractivity contribution in [2.45, 2.75) is 18.4 Å². The maximum atomic E-state index is 13.2. The summed E-state index contributed by atoms with van der Waals surface area (Å²) in [6.07, 6.45) is 4.14. The van der Waals surface area contributed by atoms with Crippen LogP contribution in [0.2, 0.25) is 5.02 Å². The molecule has 1 aromatic heterocycles. The van der Waals surface area contributed by atoms with E-state index < -0.39 is 0 Å². The number of benzene rings is 2. The number of carbonyl (C=O) groups is 1. The van der Waals surface area contributed by atoms with E-state index in [-0.39, 0.29) is 23.7 Å². The Bertz CT molecular complexity index is 1030. The van der Waals surface area contributed by atoms with Crippen molar-refractivity contribution >= 4 is 23.3 Å². The fourth-order valence-corrected chi connectivity index (χ4v) is 4.21. The van der Waals surface area contributed by atoms with E-state index in [1.165, 1.54) is 6.33 Å². The van der Waals surface area contributed by atoms with Gasteiger partial charge in [0.15, 0.2) is 0 Å². The van der Waals surface area contributed by atoms with E-state index in [0.717, 1.165) is 16.8 Å². The summed E-state index contributed by atoms with van der Waals surface area (Å²) in [6.45, 7) is 0. The second-order valence-corrected chi connectivity index (χ2v) is 7.37. The molecule has 3 atom stereocenters. The quantitative estimate of drug-likeness (QED) is 0.728. The predicted octanol–water partition coefficient (Wildman–Crippen LogP) is 4.20. The maximum absolute atomic E-state index is 13.2. The normalized spacial score (nSPS) is 23.8. The summed E-state index contributed by atoms with van der Waals surface area (Å²) >= 11 is 6.01. The van der Waals surface area contributed by atoms with Crippen molar-refractivity contribution in [1.29, 1.82) is 0 Å². The van der Waals surface area contributed by atoms with Crippen LogP contribution >= 0.6 is 11.6 Å². The van der Waals surface area contributed by atoms with Gasteiger partial charge in [0.2, 0.25) is 5.95 Å². The number of hydrogen-bond donors (Lipinski definition) is 1. The zero-order valence-electron chi connectivity index (χ0n) is 14.4. The molecule has 1 aliphatic carbocycles. The summed E-state index contributed by atoms with van der Waals surface area (Å²) in [4.78, 5) is 17.6. The summed E-state index contributed by atoms with van der Waals surface area (Å²) in [5.41, 5.74) is 3.05. The number of rotatable bonds is 2. The van der Waals surface area contributed by atoms with E-state index in [9.17, 15) is 4.79 Å². The van der Waals surface area contributed by atoms with Crippen LogP contribution in [0.5, 0.6) is 0 Å². The van der Waals surface area contributed by atoms with Gasteiger partial charge < -0.3 is 5.32 Å². The zero-order chi connectivity index (χ0) is 18.4. The number of nitrogens with zero attached hydrogens (tertiary/aromatic N) is 3. The van der Waals surface area contributed by atoms with Crippen LogP contribution in [0, 0.1) is 5.92 Å². The number of anilines is 1.